The molecule has 1 amide bonds. The lowest BCUT2D eigenvalue weighted by atomic mass is 10.2. The standard InChI is InChI=1S/C7H16N2OS/c1-5(2)11-7(3,4)6(10)9-8/h5H,8H2,1-4H3,(H,9,10). The van der Waals surface area contributed by atoms with Crippen molar-refractivity contribution in [2.24, 2.45) is 5.84 Å². The first-order chi connectivity index (χ1) is 4.90. The van der Waals surface area contributed by atoms with Crippen molar-refractivity contribution in [1.29, 1.82) is 0 Å². The Morgan fingerprint density at radius 2 is 2.00 bits per heavy atom. The summed E-state index contributed by atoms with van der Waals surface area (Å²) in [7, 11) is 0. The summed E-state index contributed by atoms with van der Waals surface area (Å²) in [4.78, 5) is 11.1. The normalized spacial score (nSPS) is 11.8. The Balaban J connectivity index is 4.09. The molecule has 3 nitrogen and oxygen atoms in total. The second-order valence-corrected chi connectivity index (χ2v) is 5.35. The fourth-order valence-corrected chi connectivity index (χ4v) is 2.16. The molecule has 0 saturated carbocycles. The summed E-state index contributed by atoms with van der Waals surface area (Å²) < 4.78 is -0.428. The Bertz CT molecular complexity index is 145. The fourth-order valence-electron chi connectivity index (χ4n) is 0.817. The van der Waals surface area contributed by atoms with Crippen LogP contribution in [-0.2, 0) is 4.79 Å². The minimum Gasteiger partial charge on any atom is -0.293 e. The topological polar surface area (TPSA) is 55.1 Å². The van der Waals surface area contributed by atoms with E-state index < -0.39 is 4.75 Å². The van der Waals surface area contributed by atoms with E-state index >= 15 is 0 Å². The minimum atomic E-state index is -0.428. The first kappa shape index (κ1) is 10.8. The van der Waals surface area contributed by atoms with Crippen LogP contribution >= 0.6 is 11.8 Å². The Hall–Kier alpha value is -0.220. The van der Waals surface area contributed by atoms with Crippen LogP contribution < -0.4 is 11.3 Å². The number of hydrazine groups is 1. The van der Waals surface area contributed by atoms with E-state index in [1.807, 2.05) is 13.8 Å². The van der Waals surface area contributed by atoms with E-state index in [1.165, 1.54) is 0 Å². The van der Waals surface area contributed by atoms with Gasteiger partial charge in [0.2, 0.25) is 5.91 Å². The van der Waals surface area contributed by atoms with Crippen molar-refractivity contribution in [2.45, 2.75) is 37.7 Å². The van der Waals surface area contributed by atoms with Crippen LogP contribution in [-0.4, -0.2) is 15.9 Å². The molecule has 11 heavy (non-hydrogen) atoms. The number of nitrogens with two attached hydrogens (primary N) is 1. The highest BCUT2D eigenvalue weighted by Gasteiger charge is 2.28. The van der Waals surface area contributed by atoms with Crippen LogP contribution in [0.5, 0.6) is 0 Å². The molecule has 66 valence electrons. The zero-order chi connectivity index (χ0) is 9.07. The zero-order valence-electron chi connectivity index (χ0n) is 7.47. The third kappa shape index (κ3) is 3.62. The first-order valence-electron chi connectivity index (χ1n) is 3.59. The Morgan fingerprint density at radius 3 is 2.27 bits per heavy atom. The maximum atomic E-state index is 11.1. The van der Waals surface area contributed by atoms with E-state index in [2.05, 4.69) is 19.3 Å². The van der Waals surface area contributed by atoms with Crippen LogP contribution in [0.2, 0.25) is 0 Å². The molecule has 0 atom stereocenters. The summed E-state index contributed by atoms with van der Waals surface area (Å²) >= 11 is 1.60. The quantitative estimate of drug-likeness (QED) is 0.381. The molecule has 0 unspecified atom stereocenters. The van der Waals surface area contributed by atoms with Crippen molar-refractivity contribution >= 4 is 17.7 Å². The largest absolute Gasteiger partial charge is 0.293 e. The number of nitrogens with one attached hydrogen (secondary N) is 1. The van der Waals surface area contributed by atoms with Gasteiger partial charge in [0.1, 0.15) is 0 Å². The number of hydrogen-bond acceptors (Lipinski definition) is 3. The predicted molar refractivity (Wildman–Crippen MR) is 49.1 cm³/mol. The summed E-state index contributed by atoms with van der Waals surface area (Å²) in [6, 6.07) is 0. The Morgan fingerprint density at radius 1 is 1.55 bits per heavy atom. The molecule has 0 bridgehead atoms. The van der Waals surface area contributed by atoms with E-state index in [9.17, 15) is 4.79 Å². The monoisotopic (exact) mass is 176 g/mol. The molecule has 4 heteroatoms. The molecule has 3 N–H and O–H groups in total. The van der Waals surface area contributed by atoms with Gasteiger partial charge in [0, 0.05) is 5.25 Å². The van der Waals surface area contributed by atoms with Crippen LogP contribution in [0, 0.1) is 0 Å². The Kier molecular flexibility index (Phi) is 3.89. The molecular formula is C7H16N2OS. The van der Waals surface area contributed by atoms with Crippen molar-refractivity contribution in [1.82, 2.24) is 5.43 Å². The number of carbonyl (C=O) groups is 1. The van der Waals surface area contributed by atoms with Crippen molar-refractivity contribution in [3.63, 3.8) is 0 Å². The van der Waals surface area contributed by atoms with E-state index in [1.54, 1.807) is 11.8 Å². The average molecular weight is 176 g/mol. The van der Waals surface area contributed by atoms with Gasteiger partial charge in [-0.2, -0.15) is 0 Å². The van der Waals surface area contributed by atoms with Crippen LogP contribution in [0.15, 0.2) is 0 Å². The van der Waals surface area contributed by atoms with Crippen LogP contribution in [0.4, 0.5) is 0 Å². The molecule has 0 aromatic rings. The first-order valence-corrected chi connectivity index (χ1v) is 4.47. The second kappa shape index (κ2) is 3.97. The van der Waals surface area contributed by atoms with Gasteiger partial charge in [0.25, 0.3) is 0 Å². The zero-order valence-corrected chi connectivity index (χ0v) is 8.29. The van der Waals surface area contributed by atoms with E-state index in [0.717, 1.165) is 0 Å². The van der Waals surface area contributed by atoms with Gasteiger partial charge in [-0.15, -0.1) is 11.8 Å². The van der Waals surface area contributed by atoms with Gasteiger partial charge in [-0.3, -0.25) is 10.2 Å². The highest BCUT2D eigenvalue weighted by atomic mass is 32.2. The molecule has 0 aliphatic carbocycles. The van der Waals surface area contributed by atoms with E-state index in [-0.39, 0.29) is 5.91 Å². The van der Waals surface area contributed by atoms with Gasteiger partial charge in [-0.05, 0) is 13.8 Å². The van der Waals surface area contributed by atoms with Gasteiger partial charge in [-0.25, -0.2) is 5.84 Å². The highest BCUT2D eigenvalue weighted by Crippen LogP contribution is 2.28. The minimum absolute atomic E-state index is 0.129. The smallest absolute Gasteiger partial charge is 0.249 e. The molecule has 0 heterocycles. The molecule has 0 rings (SSSR count). The maximum Gasteiger partial charge on any atom is 0.249 e. The van der Waals surface area contributed by atoms with Gasteiger partial charge in [-0.1, -0.05) is 13.8 Å². The summed E-state index contributed by atoms with van der Waals surface area (Å²) in [5, 5.41) is 0.433. The highest BCUT2D eigenvalue weighted by molar-refractivity contribution is 8.01. The maximum absolute atomic E-state index is 11.1. The summed E-state index contributed by atoms with van der Waals surface area (Å²) in [6.45, 7) is 7.83. The molecule has 0 aliphatic heterocycles. The molecule has 0 aliphatic rings. The van der Waals surface area contributed by atoms with Crippen molar-refractivity contribution in [3.8, 4) is 0 Å². The van der Waals surface area contributed by atoms with E-state index in [0.29, 0.717) is 5.25 Å². The SMILES string of the molecule is CC(C)SC(C)(C)C(=O)NN. The van der Waals surface area contributed by atoms with Crippen molar-refractivity contribution < 1.29 is 4.79 Å². The number of thioether (sulfide) groups is 1. The predicted octanol–water partition coefficient (Wildman–Crippen LogP) is 0.897. The van der Waals surface area contributed by atoms with Crippen LogP contribution in [0.25, 0.3) is 0 Å². The molecule has 0 fully saturated rings. The second-order valence-electron chi connectivity index (χ2n) is 3.15. The molecular weight excluding hydrogens is 160 g/mol. The van der Waals surface area contributed by atoms with Crippen LogP contribution in [0.1, 0.15) is 27.7 Å². The lowest BCUT2D eigenvalue weighted by Gasteiger charge is -2.23. The van der Waals surface area contributed by atoms with E-state index in [4.69, 9.17) is 5.84 Å². The third-order valence-electron chi connectivity index (χ3n) is 1.21. The number of amides is 1. The summed E-state index contributed by atoms with van der Waals surface area (Å²) in [6.07, 6.45) is 0. The Labute approximate surface area is 72.1 Å². The van der Waals surface area contributed by atoms with Gasteiger partial charge < -0.3 is 0 Å². The molecule has 0 aromatic heterocycles. The van der Waals surface area contributed by atoms with Crippen molar-refractivity contribution in [3.05, 3.63) is 0 Å². The van der Waals surface area contributed by atoms with Gasteiger partial charge in [0.15, 0.2) is 0 Å². The molecule has 0 saturated heterocycles. The van der Waals surface area contributed by atoms with Crippen molar-refractivity contribution in [2.75, 3.05) is 0 Å². The number of hydrogen-bond donors (Lipinski definition) is 2. The van der Waals surface area contributed by atoms with Crippen LogP contribution in [0.3, 0.4) is 0 Å². The number of rotatable bonds is 3. The number of carbonyl (C=O) groups excluding carboxylic acids is 1. The summed E-state index contributed by atoms with van der Waals surface area (Å²) in [5.41, 5.74) is 2.15. The third-order valence-corrected chi connectivity index (χ3v) is 2.45. The average Bonchev–Trinajstić information content (AvgIpc) is 1.83. The molecule has 0 radical (unpaired) electrons. The fraction of sp³-hybridized carbons (Fsp3) is 0.857. The lowest BCUT2D eigenvalue weighted by molar-refractivity contribution is -0.122. The molecule has 0 spiro atoms. The molecule has 0 aromatic carbocycles. The lowest BCUT2D eigenvalue weighted by Crippen LogP contribution is -2.44. The summed E-state index contributed by atoms with van der Waals surface area (Å²) in [5.74, 6) is 4.89. The van der Waals surface area contributed by atoms with Gasteiger partial charge in [0.05, 0.1) is 4.75 Å². The van der Waals surface area contributed by atoms with Gasteiger partial charge >= 0.3 is 0 Å².